The van der Waals surface area contributed by atoms with E-state index in [2.05, 4.69) is 44.9 Å². The van der Waals surface area contributed by atoms with Crippen LogP contribution in [0.2, 0.25) is 0 Å². The Hall–Kier alpha value is -3.29. The maximum Gasteiger partial charge on any atom is 0.225 e. The smallest absolute Gasteiger partial charge is 0.225 e. The third-order valence-electron chi connectivity index (χ3n) is 5.30. The standard InChI is InChI=1S/C25H22N4OS2/c1-17-27-23(16-31-17)20-9-7-18(8-10-20)11-12-26-24(30)13-21-15-32-25-28-22(14-29(21)25)19-5-3-2-4-6-19/h2-10,14-16H,11-13H2,1H3,(H,26,30). The van der Waals surface area contributed by atoms with Crippen LogP contribution in [0.4, 0.5) is 0 Å². The van der Waals surface area contributed by atoms with Crippen molar-refractivity contribution in [2.24, 2.45) is 0 Å². The maximum atomic E-state index is 12.5. The average molecular weight is 459 g/mol. The Kier molecular flexibility index (Phi) is 5.83. The van der Waals surface area contributed by atoms with Gasteiger partial charge in [-0.25, -0.2) is 9.97 Å². The number of benzene rings is 2. The lowest BCUT2D eigenvalue weighted by atomic mass is 10.1. The first-order valence-corrected chi connectivity index (χ1v) is 12.2. The van der Waals surface area contributed by atoms with Crippen molar-refractivity contribution in [2.45, 2.75) is 19.8 Å². The molecule has 0 aliphatic carbocycles. The number of hydrogen-bond acceptors (Lipinski definition) is 5. The number of aromatic nitrogens is 3. The normalized spacial score (nSPS) is 11.2. The number of imidazole rings is 1. The summed E-state index contributed by atoms with van der Waals surface area (Å²) in [5, 5.41) is 8.20. The SMILES string of the molecule is Cc1nc(-c2ccc(CCNC(=O)Cc3csc4nc(-c5ccccc5)cn34)cc2)cs1. The lowest BCUT2D eigenvalue weighted by molar-refractivity contribution is -0.120. The largest absolute Gasteiger partial charge is 0.355 e. The molecule has 3 aromatic heterocycles. The lowest BCUT2D eigenvalue weighted by Crippen LogP contribution is -2.27. The summed E-state index contributed by atoms with van der Waals surface area (Å²) < 4.78 is 2.02. The number of nitrogens with zero attached hydrogens (tertiary/aromatic N) is 3. The van der Waals surface area contributed by atoms with E-state index in [1.165, 1.54) is 5.56 Å². The highest BCUT2D eigenvalue weighted by molar-refractivity contribution is 7.15. The molecule has 7 heteroatoms. The van der Waals surface area contributed by atoms with Gasteiger partial charge >= 0.3 is 0 Å². The molecule has 1 amide bonds. The molecule has 0 atom stereocenters. The summed E-state index contributed by atoms with van der Waals surface area (Å²) in [6.07, 6.45) is 3.15. The van der Waals surface area contributed by atoms with Crippen molar-refractivity contribution in [1.29, 1.82) is 0 Å². The topological polar surface area (TPSA) is 59.3 Å². The van der Waals surface area contributed by atoms with Crippen LogP contribution in [-0.2, 0) is 17.6 Å². The summed E-state index contributed by atoms with van der Waals surface area (Å²) in [4.78, 5) is 22.6. The van der Waals surface area contributed by atoms with E-state index >= 15 is 0 Å². The summed E-state index contributed by atoms with van der Waals surface area (Å²) in [6.45, 7) is 2.63. The third-order valence-corrected chi connectivity index (χ3v) is 6.96. The monoisotopic (exact) mass is 458 g/mol. The van der Waals surface area contributed by atoms with Gasteiger partial charge in [-0.05, 0) is 18.9 Å². The fraction of sp³-hybridized carbons (Fsp3) is 0.160. The van der Waals surface area contributed by atoms with Gasteiger partial charge in [0.05, 0.1) is 22.8 Å². The van der Waals surface area contributed by atoms with Gasteiger partial charge < -0.3 is 5.32 Å². The Labute approximate surface area is 194 Å². The Morgan fingerprint density at radius 2 is 1.72 bits per heavy atom. The summed E-state index contributed by atoms with van der Waals surface area (Å²) in [7, 11) is 0. The number of hydrogen-bond donors (Lipinski definition) is 1. The molecule has 32 heavy (non-hydrogen) atoms. The van der Waals surface area contributed by atoms with Crippen molar-refractivity contribution in [3.05, 3.63) is 87.8 Å². The van der Waals surface area contributed by atoms with E-state index < -0.39 is 0 Å². The summed E-state index contributed by atoms with van der Waals surface area (Å²) in [5.41, 5.74) is 6.30. The summed E-state index contributed by atoms with van der Waals surface area (Å²) >= 11 is 3.22. The number of fused-ring (bicyclic) bond motifs is 1. The summed E-state index contributed by atoms with van der Waals surface area (Å²) in [6, 6.07) is 18.5. The van der Waals surface area contributed by atoms with E-state index in [1.54, 1.807) is 22.7 Å². The van der Waals surface area contributed by atoms with Crippen LogP contribution in [0.5, 0.6) is 0 Å². The molecule has 5 nitrogen and oxygen atoms in total. The van der Waals surface area contributed by atoms with Crippen molar-refractivity contribution in [2.75, 3.05) is 6.54 Å². The zero-order valence-electron chi connectivity index (χ0n) is 17.6. The van der Waals surface area contributed by atoms with Gasteiger partial charge in [0, 0.05) is 40.3 Å². The molecule has 0 fully saturated rings. The molecule has 3 heterocycles. The quantitative estimate of drug-likeness (QED) is 0.355. The van der Waals surface area contributed by atoms with E-state index in [1.807, 2.05) is 53.2 Å². The second-order valence-corrected chi connectivity index (χ2v) is 9.50. The van der Waals surface area contributed by atoms with Crippen molar-refractivity contribution in [3.8, 4) is 22.5 Å². The summed E-state index contributed by atoms with van der Waals surface area (Å²) in [5.74, 6) is 0.0224. The van der Waals surface area contributed by atoms with Crippen LogP contribution in [0.15, 0.2) is 71.6 Å². The van der Waals surface area contributed by atoms with Crippen LogP contribution >= 0.6 is 22.7 Å². The molecule has 0 aliphatic rings. The van der Waals surface area contributed by atoms with Crippen molar-refractivity contribution in [1.82, 2.24) is 19.7 Å². The Morgan fingerprint density at radius 1 is 0.938 bits per heavy atom. The second kappa shape index (κ2) is 9.06. The Bertz CT molecular complexity index is 1350. The van der Waals surface area contributed by atoms with Gasteiger partial charge in [0.1, 0.15) is 0 Å². The van der Waals surface area contributed by atoms with E-state index in [0.717, 1.165) is 44.6 Å². The van der Waals surface area contributed by atoms with Crippen LogP contribution in [0.3, 0.4) is 0 Å². The third kappa shape index (κ3) is 4.49. The van der Waals surface area contributed by atoms with Gasteiger partial charge in [0.25, 0.3) is 0 Å². The molecule has 0 aliphatic heterocycles. The first kappa shape index (κ1) is 20.6. The average Bonchev–Trinajstić information content (AvgIpc) is 3.52. The highest BCUT2D eigenvalue weighted by Crippen LogP contribution is 2.24. The van der Waals surface area contributed by atoms with Crippen molar-refractivity contribution >= 4 is 33.5 Å². The molecular formula is C25H22N4OS2. The van der Waals surface area contributed by atoms with Crippen LogP contribution in [0.1, 0.15) is 16.3 Å². The first-order valence-electron chi connectivity index (χ1n) is 10.4. The molecule has 0 saturated heterocycles. The molecule has 0 radical (unpaired) electrons. The molecule has 5 aromatic rings. The second-order valence-electron chi connectivity index (χ2n) is 7.60. The maximum absolute atomic E-state index is 12.5. The predicted molar refractivity (Wildman–Crippen MR) is 131 cm³/mol. The number of rotatable bonds is 7. The predicted octanol–water partition coefficient (Wildman–Crippen LogP) is 5.40. The van der Waals surface area contributed by atoms with Gasteiger partial charge in [0.2, 0.25) is 5.91 Å². The number of amides is 1. The molecule has 1 N–H and O–H groups in total. The fourth-order valence-electron chi connectivity index (χ4n) is 3.62. The molecule has 160 valence electrons. The van der Waals surface area contributed by atoms with Crippen molar-refractivity contribution < 1.29 is 4.79 Å². The Balaban J connectivity index is 1.17. The fourth-order valence-corrected chi connectivity index (χ4v) is 5.11. The van der Waals surface area contributed by atoms with Gasteiger partial charge in [0.15, 0.2) is 4.96 Å². The molecule has 0 bridgehead atoms. The van der Waals surface area contributed by atoms with Crippen LogP contribution in [0, 0.1) is 6.92 Å². The van der Waals surface area contributed by atoms with Gasteiger partial charge in [-0.15, -0.1) is 22.7 Å². The number of aryl methyl sites for hydroxylation is 1. The van der Waals surface area contributed by atoms with E-state index in [4.69, 9.17) is 0 Å². The molecular weight excluding hydrogens is 436 g/mol. The van der Waals surface area contributed by atoms with Gasteiger partial charge in [-0.3, -0.25) is 9.20 Å². The highest BCUT2D eigenvalue weighted by Gasteiger charge is 2.12. The van der Waals surface area contributed by atoms with Gasteiger partial charge in [-0.2, -0.15) is 0 Å². The molecule has 2 aromatic carbocycles. The van der Waals surface area contributed by atoms with Crippen LogP contribution in [-0.4, -0.2) is 26.8 Å². The minimum absolute atomic E-state index is 0.0224. The van der Waals surface area contributed by atoms with E-state index in [0.29, 0.717) is 13.0 Å². The minimum atomic E-state index is 0.0224. The van der Waals surface area contributed by atoms with E-state index in [9.17, 15) is 4.79 Å². The molecule has 5 rings (SSSR count). The zero-order chi connectivity index (χ0) is 21.9. The minimum Gasteiger partial charge on any atom is -0.355 e. The highest BCUT2D eigenvalue weighted by atomic mass is 32.1. The number of thiazole rings is 2. The van der Waals surface area contributed by atoms with E-state index in [-0.39, 0.29) is 5.91 Å². The number of carbonyl (C=O) groups excluding carboxylic acids is 1. The lowest BCUT2D eigenvalue weighted by Gasteiger charge is -2.06. The Morgan fingerprint density at radius 3 is 2.47 bits per heavy atom. The molecule has 0 spiro atoms. The zero-order valence-corrected chi connectivity index (χ0v) is 19.2. The molecule has 0 saturated carbocycles. The molecule has 0 unspecified atom stereocenters. The van der Waals surface area contributed by atoms with Crippen molar-refractivity contribution in [3.63, 3.8) is 0 Å². The number of nitrogens with one attached hydrogen (secondary N) is 1. The van der Waals surface area contributed by atoms with Gasteiger partial charge in [-0.1, -0.05) is 54.6 Å². The van der Waals surface area contributed by atoms with Crippen LogP contribution in [0.25, 0.3) is 27.5 Å². The first-order chi connectivity index (χ1) is 15.7. The number of carbonyl (C=O) groups is 1. The van der Waals surface area contributed by atoms with Crippen LogP contribution < -0.4 is 5.32 Å².